The van der Waals surface area contributed by atoms with Crippen molar-refractivity contribution in [3.05, 3.63) is 30.1 Å². The summed E-state index contributed by atoms with van der Waals surface area (Å²) in [5, 5.41) is 2.70. The molecule has 0 saturated carbocycles. The lowest BCUT2D eigenvalue weighted by Crippen LogP contribution is -2.14. The van der Waals surface area contributed by atoms with Crippen molar-refractivity contribution in [2.75, 3.05) is 6.54 Å². The van der Waals surface area contributed by atoms with E-state index in [1.165, 1.54) is 5.52 Å². The molecule has 0 spiro atoms. The monoisotopic (exact) mass is 273 g/mol. The Morgan fingerprint density at radius 2 is 2.15 bits per heavy atom. The minimum atomic E-state index is 0.681. The molecule has 108 valence electrons. The van der Waals surface area contributed by atoms with E-state index in [-0.39, 0.29) is 0 Å². The van der Waals surface area contributed by atoms with E-state index in [9.17, 15) is 4.79 Å². The second-order valence-corrected chi connectivity index (χ2v) is 5.53. The summed E-state index contributed by atoms with van der Waals surface area (Å²) >= 11 is 0. The van der Waals surface area contributed by atoms with Crippen molar-refractivity contribution >= 4 is 17.4 Å². The molecular formula is C16H23N3O. The summed E-state index contributed by atoms with van der Waals surface area (Å²) in [4.78, 5) is 15.0. The maximum absolute atomic E-state index is 10.3. The largest absolute Gasteiger partial charge is 0.359 e. The van der Waals surface area contributed by atoms with Crippen LogP contribution in [-0.4, -0.2) is 22.5 Å². The van der Waals surface area contributed by atoms with Gasteiger partial charge in [-0.3, -0.25) is 4.79 Å². The quantitative estimate of drug-likeness (QED) is 0.594. The Morgan fingerprint density at radius 1 is 1.35 bits per heavy atom. The molecule has 4 heteroatoms. The molecule has 1 amide bonds. The molecule has 1 heterocycles. The van der Waals surface area contributed by atoms with Crippen LogP contribution >= 0.6 is 0 Å². The number of aryl methyl sites for hydroxylation is 2. The predicted octanol–water partition coefficient (Wildman–Crippen LogP) is 2.76. The van der Waals surface area contributed by atoms with Crippen molar-refractivity contribution < 1.29 is 4.79 Å². The molecule has 0 fully saturated rings. The van der Waals surface area contributed by atoms with Crippen molar-refractivity contribution in [2.45, 2.75) is 39.7 Å². The van der Waals surface area contributed by atoms with Gasteiger partial charge in [-0.1, -0.05) is 26.0 Å². The SMILES string of the molecule is CC(C)CCn1c(CCCNC=O)nc2ccccc21. The van der Waals surface area contributed by atoms with Gasteiger partial charge in [0.15, 0.2) is 0 Å². The van der Waals surface area contributed by atoms with E-state index < -0.39 is 0 Å². The van der Waals surface area contributed by atoms with Crippen molar-refractivity contribution in [3.8, 4) is 0 Å². The van der Waals surface area contributed by atoms with Gasteiger partial charge in [0, 0.05) is 19.5 Å². The second kappa shape index (κ2) is 7.08. The van der Waals surface area contributed by atoms with E-state index >= 15 is 0 Å². The van der Waals surface area contributed by atoms with Gasteiger partial charge in [-0.05, 0) is 30.9 Å². The molecule has 2 aromatic rings. The van der Waals surface area contributed by atoms with Crippen LogP contribution in [0.15, 0.2) is 24.3 Å². The van der Waals surface area contributed by atoms with Crippen molar-refractivity contribution in [3.63, 3.8) is 0 Å². The van der Waals surface area contributed by atoms with Gasteiger partial charge in [-0.2, -0.15) is 0 Å². The molecule has 1 N–H and O–H groups in total. The predicted molar refractivity (Wildman–Crippen MR) is 81.6 cm³/mol. The van der Waals surface area contributed by atoms with Crippen LogP contribution in [0.5, 0.6) is 0 Å². The number of nitrogens with zero attached hydrogens (tertiary/aromatic N) is 2. The molecule has 0 unspecified atom stereocenters. The third kappa shape index (κ3) is 3.59. The van der Waals surface area contributed by atoms with Crippen LogP contribution in [-0.2, 0) is 17.8 Å². The number of para-hydroxylation sites is 2. The highest BCUT2D eigenvalue weighted by Crippen LogP contribution is 2.18. The normalized spacial score (nSPS) is 11.2. The number of carbonyl (C=O) groups excluding carboxylic acids is 1. The number of benzene rings is 1. The number of carbonyl (C=O) groups is 1. The summed E-state index contributed by atoms with van der Waals surface area (Å²) < 4.78 is 2.33. The van der Waals surface area contributed by atoms with Gasteiger partial charge in [0.2, 0.25) is 6.41 Å². The fourth-order valence-corrected chi connectivity index (χ4v) is 2.36. The Labute approximate surface area is 120 Å². The Balaban J connectivity index is 2.17. The Hall–Kier alpha value is -1.84. The average Bonchev–Trinajstić information content (AvgIpc) is 2.79. The molecule has 4 nitrogen and oxygen atoms in total. The molecule has 1 aromatic heterocycles. The molecule has 0 aliphatic carbocycles. The van der Waals surface area contributed by atoms with E-state index in [0.29, 0.717) is 12.5 Å². The lowest BCUT2D eigenvalue weighted by Gasteiger charge is -2.11. The maximum atomic E-state index is 10.3. The first kappa shape index (κ1) is 14.6. The second-order valence-electron chi connectivity index (χ2n) is 5.53. The number of aromatic nitrogens is 2. The van der Waals surface area contributed by atoms with Crippen LogP contribution in [0.2, 0.25) is 0 Å². The van der Waals surface area contributed by atoms with Gasteiger partial charge in [0.05, 0.1) is 11.0 Å². The number of hydrogen-bond acceptors (Lipinski definition) is 2. The lowest BCUT2D eigenvalue weighted by molar-refractivity contribution is -0.109. The first-order valence-electron chi connectivity index (χ1n) is 7.33. The summed E-state index contributed by atoms with van der Waals surface area (Å²) in [6.45, 7) is 6.20. The van der Waals surface area contributed by atoms with Crippen LogP contribution in [0.25, 0.3) is 11.0 Å². The molecule has 0 bridgehead atoms. The topological polar surface area (TPSA) is 46.9 Å². The fourth-order valence-electron chi connectivity index (χ4n) is 2.36. The third-order valence-corrected chi connectivity index (χ3v) is 3.47. The smallest absolute Gasteiger partial charge is 0.207 e. The maximum Gasteiger partial charge on any atom is 0.207 e. The standard InChI is InChI=1S/C16H23N3O/c1-13(2)9-11-19-15-7-4-3-6-14(15)18-16(19)8-5-10-17-12-20/h3-4,6-7,12-13H,5,8-11H2,1-2H3,(H,17,20). The van der Waals surface area contributed by atoms with E-state index in [4.69, 9.17) is 4.98 Å². The Kier molecular flexibility index (Phi) is 5.16. The van der Waals surface area contributed by atoms with Crippen LogP contribution < -0.4 is 5.32 Å². The molecule has 0 aliphatic rings. The highest BCUT2D eigenvalue weighted by molar-refractivity contribution is 5.75. The molecule has 20 heavy (non-hydrogen) atoms. The van der Waals surface area contributed by atoms with E-state index in [0.717, 1.165) is 43.6 Å². The number of nitrogens with one attached hydrogen (secondary N) is 1. The van der Waals surface area contributed by atoms with Gasteiger partial charge in [-0.25, -0.2) is 4.98 Å². The van der Waals surface area contributed by atoms with Crippen molar-refractivity contribution in [2.24, 2.45) is 5.92 Å². The number of rotatable bonds is 8. The summed E-state index contributed by atoms with van der Waals surface area (Å²) in [5.74, 6) is 1.81. The Morgan fingerprint density at radius 3 is 2.90 bits per heavy atom. The number of imidazole rings is 1. The van der Waals surface area contributed by atoms with Gasteiger partial charge in [0.1, 0.15) is 5.82 Å². The van der Waals surface area contributed by atoms with Crippen LogP contribution in [0.1, 0.15) is 32.5 Å². The number of hydrogen-bond donors (Lipinski definition) is 1. The van der Waals surface area contributed by atoms with Gasteiger partial charge < -0.3 is 9.88 Å². The first-order valence-corrected chi connectivity index (χ1v) is 7.33. The zero-order valence-electron chi connectivity index (χ0n) is 12.3. The minimum Gasteiger partial charge on any atom is -0.359 e. The zero-order chi connectivity index (χ0) is 14.4. The van der Waals surface area contributed by atoms with Crippen molar-refractivity contribution in [1.82, 2.24) is 14.9 Å². The summed E-state index contributed by atoms with van der Waals surface area (Å²) in [5.41, 5.74) is 2.28. The fraction of sp³-hybridized carbons (Fsp3) is 0.500. The molecular weight excluding hydrogens is 250 g/mol. The summed E-state index contributed by atoms with van der Waals surface area (Å²) in [6.07, 6.45) is 3.72. The molecule has 0 saturated heterocycles. The first-order chi connectivity index (χ1) is 9.72. The average molecular weight is 273 g/mol. The van der Waals surface area contributed by atoms with E-state index in [2.05, 4.69) is 41.9 Å². The molecule has 1 aromatic carbocycles. The molecule has 2 rings (SSSR count). The lowest BCUT2D eigenvalue weighted by atomic mass is 10.1. The zero-order valence-corrected chi connectivity index (χ0v) is 12.3. The molecule has 0 atom stereocenters. The molecule has 0 radical (unpaired) electrons. The van der Waals surface area contributed by atoms with Gasteiger partial charge in [-0.15, -0.1) is 0 Å². The summed E-state index contributed by atoms with van der Waals surface area (Å²) in [7, 11) is 0. The highest BCUT2D eigenvalue weighted by atomic mass is 16.1. The third-order valence-electron chi connectivity index (χ3n) is 3.47. The molecule has 0 aliphatic heterocycles. The van der Waals surface area contributed by atoms with E-state index in [1.807, 2.05) is 6.07 Å². The van der Waals surface area contributed by atoms with Crippen LogP contribution in [0, 0.1) is 5.92 Å². The Bertz CT molecular complexity index is 560. The van der Waals surface area contributed by atoms with Crippen LogP contribution in [0.3, 0.4) is 0 Å². The number of amides is 1. The summed E-state index contributed by atoms with van der Waals surface area (Å²) in [6, 6.07) is 8.29. The van der Waals surface area contributed by atoms with Crippen molar-refractivity contribution in [1.29, 1.82) is 0 Å². The van der Waals surface area contributed by atoms with Gasteiger partial charge >= 0.3 is 0 Å². The van der Waals surface area contributed by atoms with Gasteiger partial charge in [0.25, 0.3) is 0 Å². The van der Waals surface area contributed by atoms with Crippen LogP contribution in [0.4, 0.5) is 0 Å². The highest BCUT2D eigenvalue weighted by Gasteiger charge is 2.10. The van der Waals surface area contributed by atoms with E-state index in [1.54, 1.807) is 0 Å². The number of fused-ring (bicyclic) bond motifs is 1. The minimum absolute atomic E-state index is 0.681.